The molecular weight excluding hydrogens is 452 g/mol. The number of ether oxygens (including phenoxy) is 1. The second-order valence-electron chi connectivity index (χ2n) is 11.2. The summed E-state index contributed by atoms with van der Waals surface area (Å²) in [6, 6.07) is 24.9. The zero-order chi connectivity index (χ0) is 25.0. The molecule has 0 radical (unpaired) electrons. The monoisotopic (exact) mass is 482 g/mol. The van der Waals surface area contributed by atoms with Crippen LogP contribution < -0.4 is 4.74 Å². The van der Waals surface area contributed by atoms with Crippen LogP contribution in [0.5, 0.6) is 11.5 Å². The zero-order valence-corrected chi connectivity index (χ0v) is 21.9. The Morgan fingerprint density at radius 2 is 1.40 bits per heavy atom. The van der Waals surface area contributed by atoms with E-state index in [2.05, 4.69) is 101 Å². The fraction of sp³-hybridized carbons (Fsp3) is 0.258. The first-order chi connectivity index (χ1) is 16.5. The summed E-state index contributed by atoms with van der Waals surface area (Å²) in [7, 11) is 0. The molecule has 35 heavy (non-hydrogen) atoms. The lowest BCUT2D eigenvalue weighted by atomic mass is 9.87. The molecule has 0 fully saturated rings. The molecule has 0 aliphatic heterocycles. The summed E-state index contributed by atoms with van der Waals surface area (Å²) in [5, 5.41) is 3.03. The van der Waals surface area contributed by atoms with Crippen LogP contribution in [-0.2, 0) is 10.8 Å². The van der Waals surface area contributed by atoms with Crippen LogP contribution in [0.1, 0.15) is 52.7 Å². The molecule has 0 aliphatic carbocycles. The van der Waals surface area contributed by atoms with Crippen molar-refractivity contribution in [2.24, 2.45) is 0 Å². The first-order valence-corrected chi connectivity index (χ1v) is 12.4. The normalized spacial score (nSPS) is 12.4. The number of hydrogen-bond donors (Lipinski definition) is 0. The molecule has 0 N–H and O–H groups in total. The third-order valence-corrected chi connectivity index (χ3v) is 6.68. The van der Waals surface area contributed by atoms with Gasteiger partial charge in [0.2, 0.25) is 0 Å². The van der Waals surface area contributed by atoms with Gasteiger partial charge in [-0.25, -0.2) is 4.98 Å². The standard InChI is InChI=1S/C31H31ClN2O/c1-30(2,3)20-13-14-33-29(17-20)34-27-10-8-7-9-25(27)26-12-11-23(19-28(26)34)35-24-16-21(31(4,5)6)15-22(32)18-24/h7-19H,1-6H3. The molecule has 0 saturated carbocycles. The van der Waals surface area contributed by atoms with Crippen molar-refractivity contribution in [3.8, 4) is 17.3 Å². The minimum Gasteiger partial charge on any atom is -0.457 e. The maximum atomic E-state index is 6.44. The van der Waals surface area contributed by atoms with Gasteiger partial charge in [-0.2, -0.15) is 0 Å². The van der Waals surface area contributed by atoms with E-state index in [1.807, 2.05) is 24.4 Å². The van der Waals surface area contributed by atoms with Crippen LogP contribution in [-0.4, -0.2) is 9.55 Å². The highest BCUT2D eigenvalue weighted by Crippen LogP contribution is 2.37. The Labute approximate surface area is 212 Å². The molecule has 3 nitrogen and oxygen atoms in total. The molecule has 2 aromatic heterocycles. The van der Waals surface area contributed by atoms with Crippen LogP contribution in [0, 0.1) is 0 Å². The summed E-state index contributed by atoms with van der Waals surface area (Å²) in [4.78, 5) is 4.76. The first-order valence-electron chi connectivity index (χ1n) is 12.0. The summed E-state index contributed by atoms with van der Waals surface area (Å²) in [6.45, 7) is 13.2. The number of nitrogens with zero attached hydrogens (tertiary/aromatic N) is 2. The van der Waals surface area contributed by atoms with Crippen LogP contribution in [0.4, 0.5) is 0 Å². The van der Waals surface area contributed by atoms with Crippen molar-refractivity contribution >= 4 is 33.4 Å². The highest BCUT2D eigenvalue weighted by molar-refractivity contribution is 6.30. The molecule has 0 unspecified atom stereocenters. The Bertz CT molecular complexity index is 1550. The van der Waals surface area contributed by atoms with Crippen LogP contribution in [0.2, 0.25) is 5.02 Å². The molecule has 0 aliphatic rings. The van der Waals surface area contributed by atoms with E-state index >= 15 is 0 Å². The molecule has 178 valence electrons. The zero-order valence-electron chi connectivity index (χ0n) is 21.2. The lowest BCUT2D eigenvalue weighted by Crippen LogP contribution is -2.12. The quantitative estimate of drug-likeness (QED) is 0.256. The van der Waals surface area contributed by atoms with E-state index in [1.54, 1.807) is 0 Å². The van der Waals surface area contributed by atoms with Crippen molar-refractivity contribution in [3.05, 3.63) is 95.1 Å². The second kappa shape index (κ2) is 8.42. The molecule has 2 heterocycles. The fourth-order valence-electron chi connectivity index (χ4n) is 4.46. The van der Waals surface area contributed by atoms with Gasteiger partial charge in [0, 0.05) is 28.1 Å². The Hall–Kier alpha value is -3.30. The number of pyridine rings is 1. The summed E-state index contributed by atoms with van der Waals surface area (Å²) < 4.78 is 8.58. The Morgan fingerprint density at radius 3 is 2.14 bits per heavy atom. The minimum absolute atomic E-state index is 0.0247. The van der Waals surface area contributed by atoms with E-state index in [1.165, 1.54) is 10.9 Å². The van der Waals surface area contributed by atoms with Gasteiger partial charge in [-0.05, 0) is 70.5 Å². The van der Waals surface area contributed by atoms with E-state index in [9.17, 15) is 0 Å². The van der Waals surface area contributed by atoms with Gasteiger partial charge in [0.05, 0.1) is 11.0 Å². The van der Waals surface area contributed by atoms with Gasteiger partial charge in [-0.3, -0.25) is 4.57 Å². The van der Waals surface area contributed by atoms with Crippen LogP contribution >= 0.6 is 11.6 Å². The maximum Gasteiger partial charge on any atom is 0.137 e. The average molecular weight is 483 g/mol. The highest BCUT2D eigenvalue weighted by atomic mass is 35.5. The fourth-order valence-corrected chi connectivity index (χ4v) is 4.68. The molecule has 0 saturated heterocycles. The Kier molecular flexibility index (Phi) is 5.64. The van der Waals surface area contributed by atoms with Crippen molar-refractivity contribution in [3.63, 3.8) is 0 Å². The number of rotatable bonds is 3. The van der Waals surface area contributed by atoms with Gasteiger partial charge in [0.1, 0.15) is 17.3 Å². The number of aromatic nitrogens is 2. The van der Waals surface area contributed by atoms with E-state index < -0.39 is 0 Å². The van der Waals surface area contributed by atoms with Crippen molar-refractivity contribution in [2.45, 2.75) is 52.4 Å². The van der Waals surface area contributed by atoms with Crippen molar-refractivity contribution in [1.29, 1.82) is 0 Å². The molecular formula is C31H31ClN2O. The smallest absolute Gasteiger partial charge is 0.137 e. The van der Waals surface area contributed by atoms with Gasteiger partial charge in [-0.1, -0.05) is 71.3 Å². The van der Waals surface area contributed by atoms with Crippen molar-refractivity contribution in [1.82, 2.24) is 9.55 Å². The first kappa shape index (κ1) is 23.4. The molecule has 5 aromatic rings. The number of halogens is 1. The maximum absolute atomic E-state index is 6.44. The summed E-state index contributed by atoms with van der Waals surface area (Å²) in [5.74, 6) is 2.39. The van der Waals surface area contributed by atoms with Crippen molar-refractivity contribution < 1.29 is 4.74 Å². The largest absolute Gasteiger partial charge is 0.457 e. The third-order valence-electron chi connectivity index (χ3n) is 6.46. The molecule has 5 rings (SSSR count). The van der Waals surface area contributed by atoms with Crippen LogP contribution in [0.3, 0.4) is 0 Å². The number of benzene rings is 3. The molecule has 0 bridgehead atoms. The Morgan fingerprint density at radius 1 is 0.686 bits per heavy atom. The number of fused-ring (bicyclic) bond motifs is 3. The predicted molar refractivity (Wildman–Crippen MR) is 148 cm³/mol. The topological polar surface area (TPSA) is 27.1 Å². The van der Waals surface area contributed by atoms with E-state index in [-0.39, 0.29) is 10.8 Å². The van der Waals surface area contributed by atoms with Gasteiger partial charge in [0.25, 0.3) is 0 Å². The van der Waals surface area contributed by atoms with E-state index in [0.29, 0.717) is 5.02 Å². The summed E-state index contributed by atoms with van der Waals surface area (Å²) >= 11 is 6.44. The van der Waals surface area contributed by atoms with Crippen LogP contribution in [0.25, 0.3) is 27.6 Å². The average Bonchev–Trinajstić information content (AvgIpc) is 3.11. The highest BCUT2D eigenvalue weighted by Gasteiger charge is 2.19. The molecule has 4 heteroatoms. The lowest BCUT2D eigenvalue weighted by molar-refractivity contribution is 0.479. The Balaban J connectivity index is 1.67. The summed E-state index contributed by atoms with van der Waals surface area (Å²) in [5.41, 5.74) is 4.56. The third kappa shape index (κ3) is 4.53. The van der Waals surface area contributed by atoms with Crippen LogP contribution in [0.15, 0.2) is 79.0 Å². The SMILES string of the molecule is CC(C)(C)c1cc(Cl)cc(Oc2ccc3c4ccccc4n(-c4cc(C(C)(C)C)ccn4)c3c2)c1. The number of hydrogen-bond acceptors (Lipinski definition) is 2. The van der Waals surface area contributed by atoms with Crippen molar-refractivity contribution in [2.75, 3.05) is 0 Å². The van der Waals surface area contributed by atoms with Gasteiger partial charge < -0.3 is 4.74 Å². The van der Waals surface area contributed by atoms with Gasteiger partial charge in [-0.15, -0.1) is 0 Å². The number of para-hydroxylation sites is 1. The minimum atomic E-state index is -0.0247. The van der Waals surface area contributed by atoms with E-state index in [4.69, 9.17) is 21.3 Å². The molecule has 0 spiro atoms. The molecule has 3 aromatic carbocycles. The lowest BCUT2D eigenvalue weighted by Gasteiger charge is -2.20. The molecule has 0 atom stereocenters. The summed E-state index contributed by atoms with van der Waals surface area (Å²) in [6.07, 6.45) is 1.90. The van der Waals surface area contributed by atoms with Gasteiger partial charge in [0.15, 0.2) is 0 Å². The van der Waals surface area contributed by atoms with E-state index in [0.717, 1.165) is 39.3 Å². The van der Waals surface area contributed by atoms with Gasteiger partial charge >= 0.3 is 0 Å². The molecule has 0 amide bonds. The second-order valence-corrected chi connectivity index (χ2v) is 11.6. The predicted octanol–water partition coefficient (Wildman–Crippen LogP) is 9.22.